The lowest BCUT2D eigenvalue weighted by Crippen LogP contribution is -2.25. The first-order chi connectivity index (χ1) is 43.4. The monoisotopic (exact) mass is 1190 g/mol. The van der Waals surface area contributed by atoms with Crippen LogP contribution < -0.4 is 37.9 Å². The zero-order valence-corrected chi connectivity index (χ0v) is 48.9. The van der Waals surface area contributed by atoms with Crippen LogP contribution in [0.25, 0.3) is 0 Å². The highest BCUT2D eigenvalue weighted by molar-refractivity contribution is 5.51. The van der Waals surface area contributed by atoms with Crippen LogP contribution in [0.5, 0.6) is 46.0 Å². The van der Waals surface area contributed by atoms with Gasteiger partial charge in [-0.05, 0) is 142 Å². The quantitative estimate of drug-likeness (QED) is 0.0378. The van der Waals surface area contributed by atoms with Crippen molar-refractivity contribution in [2.24, 2.45) is 0 Å². The Kier molecular flexibility index (Phi) is 17.7. The Morgan fingerprint density at radius 1 is 0.239 bits per heavy atom. The molecule has 6 saturated heterocycles. The summed E-state index contributed by atoms with van der Waals surface area (Å²) in [6, 6.07) is 66.6. The van der Waals surface area contributed by atoms with Gasteiger partial charge in [-0.15, -0.1) is 0 Å². The molecule has 0 bridgehead atoms. The van der Waals surface area contributed by atoms with Crippen molar-refractivity contribution in [1.29, 1.82) is 0 Å². The van der Waals surface area contributed by atoms with Crippen molar-refractivity contribution in [3.05, 3.63) is 239 Å². The summed E-state index contributed by atoms with van der Waals surface area (Å²) in [4.78, 5) is 0. The summed E-state index contributed by atoms with van der Waals surface area (Å²) in [7, 11) is 0. The third-order valence-electron chi connectivity index (χ3n) is 16.5. The lowest BCUT2D eigenvalue weighted by Gasteiger charge is -2.30. The van der Waals surface area contributed by atoms with E-state index < -0.39 is 6.10 Å². The van der Waals surface area contributed by atoms with Gasteiger partial charge in [0.2, 0.25) is 0 Å². The predicted molar refractivity (Wildman–Crippen MR) is 327 cm³/mol. The lowest BCUT2D eigenvalue weighted by atomic mass is 9.73. The third-order valence-corrected chi connectivity index (χ3v) is 16.5. The van der Waals surface area contributed by atoms with Crippen molar-refractivity contribution in [3.8, 4) is 46.0 Å². The van der Waals surface area contributed by atoms with Gasteiger partial charge in [-0.25, -0.2) is 0 Å². The molecule has 0 spiro atoms. The topological polar surface area (TPSA) is 169 Å². The fourth-order valence-corrected chi connectivity index (χ4v) is 11.0. The number of rotatable bonds is 34. The highest BCUT2D eigenvalue weighted by Gasteiger charge is 2.33. The Morgan fingerprint density at radius 2 is 0.375 bits per heavy atom. The van der Waals surface area contributed by atoms with E-state index in [2.05, 4.69) is 97.1 Å². The van der Waals surface area contributed by atoms with Gasteiger partial charge in [0.05, 0.1) is 39.6 Å². The maximum absolute atomic E-state index is 11.4. The van der Waals surface area contributed by atoms with Crippen LogP contribution in [0, 0.1) is 0 Å². The Hall–Kier alpha value is -8.12. The molecular formula is C73H72O15. The van der Waals surface area contributed by atoms with Gasteiger partial charge in [0.1, 0.15) is 142 Å². The van der Waals surface area contributed by atoms with E-state index in [4.69, 9.17) is 66.3 Å². The van der Waals surface area contributed by atoms with Crippen LogP contribution in [-0.2, 0) is 28.4 Å². The first-order valence-electron chi connectivity index (χ1n) is 30.6. The molecule has 1 N–H and O–H groups in total. The highest BCUT2D eigenvalue weighted by atomic mass is 16.6. The fraction of sp³-hybridized carbons (Fsp3) is 0.342. The highest BCUT2D eigenvalue weighted by Crippen LogP contribution is 2.47. The number of epoxide rings is 6. The van der Waals surface area contributed by atoms with E-state index in [1.165, 1.54) is 0 Å². The minimum atomic E-state index is -0.923. The van der Waals surface area contributed by atoms with Crippen molar-refractivity contribution in [2.75, 3.05) is 92.5 Å². The average Bonchev–Trinajstić information content (AvgIpc) is 3.22. The van der Waals surface area contributed by atoms with E-state index in [0.29, 0.717) is 51.1 Å². The van der Waals surface area contributed by atoms with E-state index in [9.17, 15) is 5.11 Å². The first kappa shape index (κ1) is 57.6. The fourth-order valence-electron chi connectivity index (χ4n) is 11.0. The van der Waals surface area contributed by atoms with Gasteiger partial charge in [0.15, 0.2) is 0 Å². The maximum atomic E-state index is 11.4. The van der Waals surface area contributed by atoms with Gasteiger partial charge < -0.3 is 71.4 Å². The summed E-state index contributed by atoms with van der Waals surface area (Å²) in [5.41, 5.74) is 8.82. The summed E-state index contributed by atoms with van der Waals surface area (Å²) in [6.07, 6.45) is -0.0232. The molecule has 454 valence electrons. The Bertz CT molecular complexity index is 3120. The standard InChI is InChI=1S/C73H72O15/c74-55(33-75-56-17-1-47(2-18-56)70(49-5-21-58(22-6-49)77-35-64-41-83-64)72(51-9-25-60(26-10-51)79-37-66-43-85-66)52-11-27-61(28-12-52)80-38-67-44-86-67)34-76-57-19-3-48(4-20-57)71(50-7-23-59(24-8-50)78-36-65-42-84-65)73(53-13-29-62(30-14-53)81-39-68-45-87-68)54-15-31-63(32-16-54)82-40-69-46-88-69/h1-32,55,64-74H,33-46H2. The molecule has 0 aromatic heterocycles. The van der Waals surface area contributed by atoms with Crippen LogP contribution in [0.2, 0.25) is 0 Å². The summed E-state index contributed by atoms with van der Waals surface area (Å²) in [6.45, 7) is 7.55. The molecule has 88 heavy (non-hydrogen) atoms. The lowest BCUT2D eigenvalue weighted by molar-refractivity contribution is 0.0626. The molecule has 6 aliphatic rings. The number of aliphatic hydroxyl groups is 1. The molecule has 6 fully saturated rings. The van der Waals surface area contributed by atoms with Crippen LogP contribution in [0.15, 0.2) is 194 Å². The molecule has 15 heteroatoms. The number of hydrogen-bond donors (Lipinski definition) is 1. The molecule has 0 amide bonds. The summed E-state index contributed by atoms with van der Waals surface area (Å²) >= 11 is 0. The molecule has 8 unspecified atom stereocenters. The van der Waals surface area contributed by atoms with Crippen molar-refractivity contribution >= 4 is 0 Å². The Labute approximate surface area is 512 Å². The smallest absolute Gasteiger partial charge is 0.122 e. The SMILES string of the molecule is OC(COc1ccc(C(c2ccc(OCC3CO3)cc2)C(c2ccc(OCC3CO3)cc2)c2ccc(OCC3CO3)cc2)cc1)COc1ccc(C(c2ccc(OCC3CO3)cc2)C(c2ccc(OCC3CO3)cc2)c2ccc(OCC3CO3)cc2)cc1. The Morgan fingerprint density at radius 3 is 0.511 bits per heavy atom. The largest absolute Gasteiger partial charge is 0.491 e. The second-order valence-electron chi connectivity index (χ2n) is 23.3. The Balaban J connectivity index is 0.680. The van der Waals surface area contributed by atoms with Crippen LogP contribution >= 0.6 is 0 Å². The predicted octanol–water partition coefficient (Wildman–Crippen LogP) is 11.1. The van der Waals surface area contributed by atoms with Gasteiger partial charge in [-0.3, -0.25) is 0 Å². The molecule has 15 nitrogen and oxygen atoms in total. The van der Waals surface area contributed by atoms with Crippen molar-refractivity contribution < 1.29 is 71.4 Å². The van der Waals surface area contributed by atoms with Crippen LogP contribution in [0.1, 0.15) is 68.2 Å². The number of benzene rings is 8. The third kappa shape index (κ3) is 16.0. The molecule has 6 heterocycles. The summed E-state index contributed by atoms with van der Waals surface area (Å²) in [5, 5.41) is 11.4. The van der Waals surface area contributed by atoms with E-state index in [0.717, 1.165) is 119 Å². The zero-order valence-electron chi connectivity index (χ0n) is 48.9. The molecule has 14 rings (SSSR count). The van der Waals surface area contributed by atoms with Gasteiger partial charge in [0.25, 0.3) is 0 Å². The average molecular weight is 1190 g/mol. The summed E-state index contributed by atoms with van der Waals surface area (Å²) < 4.78 is 81.5. The van der Waals surface area contributed by atoms with Crippen molar-refractivity contribution in [1.82, 2.24) is 0 Å². The number of ether oxygens (including phenoxy) is 14. The molecule has 0 saturated carbocycles. The van der Waals surface area contributed by atoms with E-state index in [1.54, 1.807) is 0 Å². The molecule has 0 aliphatic carbocycles. The van der Waals surface area contributed by atoms with E-state index in [-0.39, 0.29) is 73.5 Å². The minimum Gasteiger partial charge on any atom is -0.491 e. The van der Waals surface area contributed by atoms with Crippen molar-refractivity contribution in [3.63, 3.8) is 0 Å². The number of hydrogen-bond acceptors (Lipinski definition) is 15. The molecular weight excluding hydrogens is 1120 g/mol. The van der Waals surface area contributed by atoms with Gasteiger partial charge in [0, 0.05) is 23.7 Å². The van der Waals surface area contributed by atoms with Gasteiger partial charge >= 0.3 is 0 Å². The van der Waals surface area contributed by atoms with Gasteiger partial charge in [-0.2, -0.15) is 0 Å². The molecule has 8 aromatic rings. The number of aliphatic hydroxyl groups excluding tert-OH is 1. The molecule has 8 aromatic carbocycles. The van der Waals surface area contributed by atoms with Crippen LogP contribution in [0.3, 0.4) is 0 Å². The normalized spacial score (nSPS) is 21.7. The van der Waals surface area contributed by atoms with Gasteiger partial charge in [-0.1, -0.05) is 97.1 Å². The zero-order chi connectivity index (χ0) is 59.0. The maximum Gasteiger partial charge on any atom is 0.122 e. The van der Waals surface area contributed by atoms with E-state index in [1.807, 2.05) is 97.1 Å². The van der Waals surface area contributed by atoms with E-state index >= 15 is 0 Å². The van der Waals surface area contributed by atoms with Crippen LogP contribution in [-0.4, -0.2) is 140 Å². The minimum absolute atomic E-state index is 0.0208. The van der Waals surface area contributed by atoms with Crippen LogP contribution in [0.4, 0.5) is 0 Å². The molecule has 8 atom stereocenters. The molecule has 6 aliphatic heterocycles. The first-order valence-corrected chi connectivity index (χ1v) is 30.6. The summed E-state index contributed by atoms with van der Waals surface area (Å²) in [5.74, 6) is 5.44. The second kappa shape index (κ2) is 27.1. The molecule has 0 radical (unpaired) electrons. The van der Waals surface area contributed by atoms with Crippen molar-refractivity contribution in [2.45, 2.75) is 66.4 Å². The second-order valence-corrected chi connectivity index (χ2v) is 23.3.